The highest BCUT2D eigenvalue weighted by Crippen LogP contribution is 2.38. The molecule has 0 atom stereocenters. The van der Waals surface area contributed by atoms with E-state index in [-0.39, 0.29) is 17.7 Å². The van der Waals surface area contributed by atoms with Gasteiger partial charge in [0.1, 0.15) is 17.1 Å². The summed E-state index contributed by atoms with van der Waals surface area (Å²) in [5.41, 5.74) is 2.42. The van der Waals surface area contributed by atoms with E-state index in [0.29, 0.717) is 5.88 Å². The van der Waals surface area contributed by atoms with Crippen molar-refractivity contribution >= 4 is 21.6 Å². The number of methoxy groups -OCH3 is 1. The van der Waals surface area contributed by atoms with Crippen molar-refractivity contribution in [1.29, 1.82) is 0 Å². The Kier molecular flexibility index (Phi) is 4.50. The summed E-state index contributed by atoms with van der Waals surface area (Å²) in [6.07, 6.45) is 3.61. The Morgan fingerprint density at radius 3 is 2.84 bits per heavy atom. The maximum Gasteiger partial charge on any atom is 0.235 e. The highest BCUT2D eigenvalue weighted by Gasteiger charge is 2.19. The summed E-state index contributed by atoms with van der Waals surface area (Å²) in [6, 6.07) is 4.93. The Morgan fingerprint density at radius 2 is 2.08 bits per heavy atom. The number of fused-ring (bicyclic) bond motifs is 1. The zero-order valence-electron chi connectivity index (χ0n) is 13.8. The molecule has 3 aromatic rings. The van der Waals surface area contributed by atoms with Crippen molar-refractivity contribution in [3.05, 3.63) is 35.7 Å². The summed E-state index contributed by atoms with van der Waals surface area (Å²) in [7, 11) is 1.45. The molecule has 1 aliphatic rings. The number of aromatic nitrogens is 2. The minimum Gasteiger partial charge on any atom is -0.494 e. The lowest BCUT2D eigenvalue weighted by molar-refractivity contribution is 0.158. The second kappa shape index (κ2) is 6.93. The van der Waals surface area contributed by atoms with Gasteiger partial charge in [0.25, 0.3) is 0 Å². The lowest BCUT2D eigenvalue weighted by atomic mass is 10.1. The predicted octanol–water partition coefficient (Wildman–Crippen LogP) is 3.64. The quantitative estimate of drug-likeness (QED) is 0.771. The van der Waals surface area contributed by atoms with Gasteiger partial charge >= 0.3 is 0 Å². The van der Waals surface area contributed by atoms with Crippen molar-refractivity contribution < 1.29 is 13.9 Å². The zero-order chi connectivity index (χ0) is 17.2. The van der Waals surface area contributed by atoms with Crippen LogP contribution >= 0.6 is 11.3 Å². The molecule has 0 amide bonds. The number of thiophene rings is 1. The van der Waals surface area contributed by atoms with E-state index in [1.54, 1.807) is 6.07 Å². The fraction of sp³-hybridized carbons (Fsp3) is 0.333. The van der Waals surface area contributed by atoms with Crippen LogP contribution in [-0.2, 0) is 0 Å². The van der Waals surface area contributed by atoms with Crippen molar-refractivity contribution in [1.82, 2.24) is 15.3 Å². The molecule has 5 nitrogen and oxygen atoms in total. The van der Waals surface area contributed by atoms with Crippen molar-refractivity contribution in [3.63, 3.8) is 0 Å². The predicted molar refractivity (Wildman–Crippen MR) is 95.9 cm³/mol. The number of hydrogen-bond donors (Lipinski definition) is 1. The highest BCUT2D eigenvalue weighted by atomic mass is 32.1. The van der Waals surface area contributed by atoms with E-state index in [0.717, 1.165) is 47.3 Å². The van der Waals surface area contributed by atoms with Crippen LogP contribution < -0.4 is 14.8 Å². The summed E-state index contributed by atoms with van der Waals surface area (Å²) < 4.78 is 26.0. The van der Waals surface area contributed by atoms with Gasteiger partial charge in [0.15, 0.2) is 11.6 Å². The third-order valence-electron chi connectivity index (χ3n) is 4.35. The fourth-order valence-electron chi connectivity index (χ4n) is 3.02. The summed E-state index contributed by atoms with van der Waals surface area (Å²) >= 11 is 1.52. The van der Waals surface area contributed by atoms with Crippen LogP contribution in [0.25, 0.3) is 21.3 Å². The number of halogens is 1. The SMILES string of the molecule is COc1ccc(-c2csc3c(OC4CCNCC4)ncnc23)cc1F. The van der Waals surface area contributed by atoms with Crippen LogP contribution in [0.1, 0.15) is 12.8 Å². The molecule has 1 N–H and O–H groups in total. The normalized spacial score (nSPS) is 15.4. The van der Waals surface area contributed by atoms with E-state index in [1.807, 2.05) is 11.4 Å². The molecular formula is C18H18FN3O2S. The van der Waals surface area contributed by atoms with E-state index in [2.05, 4.69) is 15.3 Å². The minimum atomic E-state index is -0.389. The molecule has 1 fully saturated rings. The summed E-state index contributed by atoms with van der Waals surface area (Å²) in [4.78, 5) is 8.71. The van der Waals surface area contributed by atoms with Gasteiger partial charge < -0.3 is 14.8 Å². The molecule has 3 heterocycles. The Labute approximate surface area is 148 Å². The Morgan fingerprint density at radius 1 is 1.24 bits per heavy atom. The van der Waals surface area contributed by atoms with Crippen LogP contribution in [0.4, 0.5) is 4.39 Å². The molecule has 0 unspecified atom stereocenters. The molecule has 0 aliphatic carbocycles. The van der Waals surface area contributed by atoms with Gasteiger partial charge in [0.2, 0.25) is 5.88 Å². The van der Waals surface area contributed by atoms with Crippen LogP contribution in [0, 0.1) is 5.82 Å². The van der Waals surface area contributed by atoms with Gasteiger partial charge in [-0.15, -0.1) is 11.3 Å². The minimum absolute atomic E-state index is 0.170. The fourth-order valence-corrected chi connectivity index (χ4v) is 3.98. The van der Waals surface area contributed by atoms with Crippen molar-refractivity contribution in [2.45, 2.75) is 18.9 Å². The van der Waals surface area contributed by atoms with Crippen LogP contribution in [0.5, 0.6) is 11.6 Å². The first-order valence-electron chi connectivity index (χ1n) is 8.19. The number of nitrogens with one attached hydrogen (secondary N) is 1. The average molecular weight is 359 g/mol. The lowest BCUT2D eigenvalue weighted by Gasteiger charge is -2.23. The highest BCUT2D eigenvalue weighted by molar-refractivity contribution is 7.18. The Balaban J connectivity index is 1.70. The first kappa shape index (κ1) is 16.2. The number of rotatable bonds is 4. The summed E-state index contributed by atoms with van der Waals surface area (Å²) in [5.74, 6) is 0.453. The monoisotopic (exact) mass is 359 g/mol. The van der Waals surface area contributed by atoms with Crippen LogP contribution in [-0.4, -0.2) is 36.3 Å². The van der Waals surface area contributed by atoms with Gasteiger partial charge in [-0.1, -0.05) is 6.07 Å². The number of benzene rings is 1. The molecule has 0 saturated carbocycles. The molecule has 4 rings (SSSR count). The van der Waals surface area contributed by atoms with E-state index in [9.17, 15) is 4.39 Å². The van der Waals surface area contributed by atoms with Gasteiger partial charge in [0.05, 0.1) is 12.6 Å². The van der Waals surface area contributed by atoms with Gasteiger partial charge in [-0.05, 0) is 43.6 Å². The second-order valence-electron chi connectivity index (χ2n) is 5.92. The first-order valence-corrected chi connectivity index (χ1v) is 9.07. The third-order valence-corrected chi connectivity index (χ3v) is 5.31. The third kappa shape index (κ3) is 3.17. The molecule has 1 aromatic carbocycles. The summed E-state index contributed by atoms with van der Waals surface area (Å²) in [6.45, 7) is 1.92. The van der Waals surface area contributed by atoms with Crippen molar-refractivity contribution in [2.75, 3.05) is 20.2 Å². The Bertz CT molecular complexity index is 893. The van der Waals surface area contributed by atoms with Crippen LogP contribution in [0.2, 0.25) is 0 Å². The molecule has 25 heavy (non-hydrogen) atoms. The Hall–Kier alpha value is -2.25. The van der Waals surface area contributed by atoms with Crippen molar-refractivity contribution in [3.8, 4) is 22.8 Å². The summed E-state index contributed by atoms with van der Waals surface area (Å²) in [5, 5.41) is 5.29. The molecule has 0 radical (unpaired) electrons. The molecular weight excluding hydrogens is 341 g/mol. The largest absolute Gasteiger partial charge is 0.494 e. The van der Waals surface area contributed by atoms with E-state index < -0.39 is 0 Å². The molecule has 0 spiro atoms. The van der Waals surface area contributed by atoms with E-state index in [4.69, 9.17) is 9.47 Å². The molecule has 1 aliphatic heterocycles. The van der Waals surface area contributed by atoms with E-state index in [1.165, 1.54) is 30.8 Å². The lowest BCUT2D eigenvalue weighted by Crippen LogP contribution is -2.34. The topological polar surface area (TPSA) is 56.3 Å². The number of hydrogen-bond acceptors (Lipinski definition) is 6. The molecule has 0 bridgehead atoms. The van der Waals surface area contributed by atoms with Crippen molar-refractivity contribution in [2.24, 2.45) is 0 Å². The standard InChI is InChI=1S/C18H18FN3O2S/c1-23-15-3-2-11(8-14(15)19)13-9-25-17-16(13)21-10-22-18(17)24-12-4-6-20-7-5-12/h2-3,8-10,12,20H,4-7H2,1H3. The van der Waals surface area contributed by atoms with Gasteiger partial charge in [0, 0.05) is 10.9 Å². The van der Waals surface area contributed by atoms with Crippen LogP contribution in [0.15, 0.2) is 29.9 Å². The first-order chi connectivity index (χ1) is 12.3. The van der Waals surface area contributed by atoms with Gasteiger partial charge in [-0.2, -0.15) is 0 Å². The number of ether oxygens (including phenoxy) is 2. The molecule has 7 heteroatoms. The average Bonchev–Trinajstić information content (AvgIpc) is 3.08. The molecule has 130 valence electrons. The smallest absolute Gasteiger partial charge is 0.235 e. The zero-order valence-corrected chi connectivity index (χ0v) is 14.6. The molecule has 2 aromatic heterocycles. The number of piperidine rings is 1. The maximum absolute atomic E-state index is 14.0. The van der Waals surface area contributed by atoms with Crippen LogP contribution in [0.3, 0.4) is 0 Å². The molecule has 1 saturated heterocycles. The van der Waals surface area contributed by atoms with E-state index >= 15 is 0 Å². The second-order valence-corrected chi connectivity index (χ2v) is 6.80. The maximum atomic E-state index is 14.0. The van der Waals surface area contributed by atoms with Gasteiger partial charge in [-0.3, -0.25) is 0 Å². The van der Waals surface area contributed by atoms with Gasteiger partial charge in [-0.25, -0.2) is 14.4 Å². The number of nitrogens with zero attached hydrogens (tertiary/aromatic N) is 2.